The van der Waals surface area contributed by atoms with Gasteiger partial charge in [-0.3, -0.25) is 5.32 Å². The van der Waals surface area contributed by atoms with E-state index in [0.29, 0.717) is 22.3 Å². The maximum absolute atomic E-state index is 12.2. The number of ether oxygens (including phenoxy) is 2. The highest BCUT2D eigenvalue weighted by molar-refractivity contribution is 7.98. The molecule has 0 saturated heterocycles. The number of amides is 2. The minimum atomic E-state index is -0.364. The van der Waals surface area contributed by atoms with E-state index in [1.807, 2.05) is 18.4 Å². The van der Waals surface area contributed by atoms with Crippen LogP contribution in [0, 0.1) is 0 Å². The van der Waals surface area contributed by atoms with Crippen molar-refractivity contribution >= 4 is 50.2 Å². The van der Waals surface area contributed by atoms with Gasteiger partial charge in [-0.2, -0.15) is 0 Å². The van der Waals surface area contributed by atoms with E-state index in [1.165, 1.54) is 11.3 Å². The van der Waals surface area contributed by atoms with Crippen molar-refractivity contribution in [3.8, 4) is 11.5 Å². The van der Waals surface area contributed by atoms with Crippen LogP contribution in [0.5, 0.6) is 11.5 Å². The fraction of sp³-hybridized carbons (Fsp3) is 0.176. The molecule has 0 fully saturated rings. The van der Waals surface area contributed by atoms with Crippen LogP contribution in [0.2, 0.25) is 0 Å². The van der Waals surface area contributed by atoms with Crippen molar-refractivity contribution in [3.05, 3.63) is 36.4 Å². The molecule has 1 aromatic heterocycles. The first-order valence-corrected chi connectivity index (χ1v) is 9.41. The average Bonchev–Trinajstić information content (AvgIpc) is 3.02. The SMILES string of the molecule is COc1ccc(NC(=O)Nc2nc3ccc(SC)cc3s2)cc1OC. The van der Waals surface area contributed by atoms with Crippen molar-refractivity contribution in [2.24, 2.45) is 0 Å². The molecule has 0 spiro atoms. The second-order valence-corrected chi connectivity index (χ2v) is 6.91. The summed E-state index contributed by atoms with van der Waals surface area (Å²) in [6.07, 6.45) is 2.03. The number of thioether (sulfide) groups is 1. The van der Waals surface area contributed by atoms with Crippen molar-refractivity contribution < 1.29 is 14.3 Å². The molecule has 0 aliphatic carbocycles. The number of hydrogen-bond acceptors (Lipinski definition) is 6. The number of rotatable bonds is 5. The average molecular weight is 375 g/mol. The molecule has 0 unspecified atom stereocenters. The Kier molecular flexibility index (Phi) is 5.30. The van der Waals surface area contributed by atoms with Crippen LogP contribution in [0.25, 0.3) is 10.2 Å². The molecular weight excluding hydrogens is 358 g/mol. The molecule has 6 nitrogen and oxygen atoms in total. The quantitative estimate of drug-likeness (QED) is 0.634. The van der Waals surface area contributed by atoms with Gasteiger partial charge in [0, 0.05) is 16.6 Å². The molecule has 0 aliphatic heterocycles. The Hall–Kier alpha value is -2.45. The van der Waals surface area contributed by atoms with Gasteiger partial charge < -0.3 is 14.8 Å². The number of urea groups is 1. The predicted octanol–water partition coefficient (Wildman–Crippen LogP) is 4.68. The zero-order valence-electron chi connectivity index (χ0n) is 14.0. The first kappa shape index (κ1) is 17.4. The Morgan fingerprint density at radius 3 is 2.60 bits per heavy atom. The first-order valence-electron chi connectivity index (χ1n) is 7.37. The van der Waals surface area contributed by atoms with Gasteiger partial charge in [0.05, 0.1) is 24.4 Å². The van der Waals surface area contributed by atoms with Gasteiger partial charge in [-0.05, 0) is 36.6 Å². The van der Waals surface area contributed by atoms with Crippen LogP contribution in [0.15, 0.2) is 41.3 Å². The highest BCUT2D eigenvalue weighted by atomic mass is 32.2. The number of benzene rings is 2. The molecule has 0 aliphatic rings. The highest BCUT2D eigenvalue weighted by Gasteiger charge is 2.10. The van der Waals surface area contributed by atoms with Gasteiger partial charge in [0.2, 0.25) is 0 Å². The van der Waals surface area contributed by atoms with Crippen LogP contribution in [-0.4, -0.2) is 31.5 Å². The molecule has 2 N–H and O–H groups in total. The van der Waals surface area contributed by atoms with Crippen LogP contribution in [0.1, 0.15) is 0 Å². The molecule has 0 radical (unpaired) electrons. The summed E-state index contributed by atoms with van der Waals surface area (Å²) in [7, 11) is 3.11. The summed E-state index contributed by atoms with van der Waals surface area (Å²) in [5.74, 6) is 1.15. The van der Waals surface area contributed by atoms with Gasteiger partial charge in [-0.15, -0.1) is 11.8 Å². The number of hydrogen-bond donors (Lipinski definition) is 2. The molecule has 0 atom stereocenters. The Bertz CT molecular complexity index is 911. The second kappa shape index (κ2) is 7.62. The van der Waals surface area contributed by atoms with Gasteiger partial charge in [-0.25, -0.2) is 9.78 Å². The maximum atomic E-state index is 12.2. The molecule has 2 aromatic carbocycles. The minimum Gasteiger partial charge on any atom is -0.493 e. The van der Waals surface area contributed by atoms with Gasteiger partial charge >= 0.3 is 6.03 Å². The maximum Gasteiger partial charge on any atom is 0.325 e. The number of fused-ring (bicyclic) bond motifs is 1. The molecule has 25 heavy (non-hydrogen) atoms. The number of methoxy groups -OCH3 is 2. The lowest BCUT2D eigenvalue weighted by molar-refractivity contribution is 0.262. The van der Waals surface area contributed by atoms with E-state index < -0.39 is 0 Å². The zero-order valence-corrected chi connectivity index (χ0v) is 15.6. The molecule has 130 valence electrons. The van der Waals surface area contributed by atoms with Crippen molar-refractivity contribution in [1.29, 1.82) is 0 Å². The van der Waals surface area contributed by atoms with E-state index in [0.717, 1.165) is 15.1 Å². The summed E-state index contributed by atoms with van der Waals surface area (Å²) in [5.41, 5.74) is 1.46. The summed E-state index contributed by atoms with van der Waals surface area (Å²) in [5, 5.41) is 6.07. The molecule has 3 aromatic rings. The topological polar surface area (TPSA) is 72.5 Å². The van der Waals surface area contributed by atoms with E-state index in [-0.39, 0.29) is 6.03 Å². The number of nitrogens with zero attached hydrogens (tertiary/aromatic N) is 1. The summed E-state index contributed by atoms with van der Waals surface area (Å²) < 4.78 is 11.4. The van der Waals surface area contributed by atoms with Crippen molar-refractivity contribution in [2.75, 3.05) is 31.1 Å². The molecular formula is C17H17N3O3S2. The van der Waals surface area contributed by atoms with Gasteiger partial charge in [0.15, 0.2) is 16.6 Å². The van der Waals surface area contributed by atoms with Crippen LogP contribution < -0.4 is 20.1 Å². The van der Waals surface area contributed by atoms with Crippen LogP contribution >= 0.6 is 23.1 Å². The third-order valence-electron chi connectivity index (χ3n) is 3.46. The fourth-order valence-electron chi connectivity index (χ4n) is 2.26. The molecule has 8 heteroatoms. The zero-order chi connectivity index (χ0) is 17.8. The Labute approximate surface area is 153 Å². The van der Waals surface area contributed by atoms with E-state index in [9.17, 15) is 4.79 Å². The predicted molar refractivity (Wildman–Crippen MR) is 104 cm³/mol. The minimum absolute atomic E-state index is 0.364. The third kappa shape index (κ3) is 3.97. The summed E-state index contributed by atoms with van der Waals surface area (Å²) in [6, 6.07) is 10.8. The summed E-state index contributed by atoms with van der Waals surface area (Å²) in [4.78, 5) is 17.8. The molecule has 0 bridgehead atoms. The number of nitrogens with one attached hydrogen (secondary N) is 2. The van der Waals surface area contributed by atoms with Crippen LogP contribution in [-0.2, 0) is 0 Å². The van der Waals surface area contributed by atoms with E-state index in [1.54, 1.807) is 44.2 Å². The van der Waals surface area contributed by atoms with Gasteiger partial charge in [0.1, 0.15) is 0 Å². The van der Waals surface area contributed by atoms with Crippen molar-refractivity contribution in [2.45, 2.75) is 4.90 Å². The lowest BCUT2D eigenvalue weighted by Crippen LogP contribution is -2.19. The Morgan fingerprint density at radius 2 is 1.88 bits per heavy atom. The van der Waals surface area contributed by atoms with Crippen molar-refractivity contribution in [3.63, 3.8) is 0 Å². The van der Waals surface area contributed by atoms with Crippen molar-refractivity contribution in [1.82, 2.24) is 4.98 Å². The number of aromatic nitrogens is 1. The number of carbonyl (C=O) groups excluding carboxylic acids is 1. The first-order chi connectivity index (χ1) is 12.1. The Morgan fingerprint density at radius 1 is 1.08 bits per heavy atom. The second-order valence-electron chi connectivity index (χ2n) is 5.00. The van der Waals surface area contributed by atoms with Gasteiger partial charge in [0.25, 0.3) is 0 Å². The van der Waals surface area contributed by atoms with E-state index in [2.05, 4.69) is 21.7 Å². The highest BCUT2D eigenvalue weighted by Crippen LogP contribution is 2.31. The molecule has 1 heterocycles. The lowest BCUT2D eigenvalue weighted by atomic mass is 10.3. The third-order valence-corrected chi connectivity index (χ3v) is 5.12. The van der Waals surface area contributed by atoms with E-state index >= 15 is 0 Å². The van der Waals surface area contributed by atoms with Gasteiger partial charge in [-0.1, -0.05) is 11.3 Å². The number of carbonyl (C=O) groups is 1. The molecule has 2 amide bonds. The number of thiazole rings is 1. The summed E-state index contributed by atoms with van der Waals surface area (Å²) in [6.45, 7) is 0. The fourth-order valence-corrected chi connectivity index (χ4v) is 3.67. The monoisotopic (exact) mass is 375 g/mol. The lowest BCUT2D eigenvalue weighted by Gasteiger charge is -2.10. The normalized spacial score (nSPS) is 10.5. The van der Waals surface area contributed by atoms with Crippen LogP contribution in [0.4, 0.5) is 15.6 Å². The smallest absolute Gasteiger partial charge is 0.325 e. The van der Waals surface area contributed by atoms with Crippen LogP contribution in [0.3, 0.4) is 0 Å². The summed E-state index contributed by atoms with van der Waals surface area (Å²) >= 11 is 3.11. The number of anilines is 2. The standard InChI is InChI=1S/C17H17N3O3S2/c1-22-13-7-4-10(8-14(13)23-2)18-16(21)20-17-19-12-6-5-11(24-3)9-15(12)25-17/h4-9H,1-3H3,(H2,18,19,20,21). The molecule has 3 rings (SSSR count). The largest absolute Gasteiger partial charge is 0.493 e. The van der Waals surface area contributed by atoms with E-state index in [4.69, 9.17) is 9.47 Å². The molecule has 0 saturated carbocycles. The Balaban J connectivity index is 1.72.